The van der Waals surface area contributed by atoms with Crippen LogP contribution in [0.2, 0.25) is 0 Å². The molecule has 0 amide bonds. The number of ether oxygens (including phenoxy) is 1. The molecule has 2 aromatic carbocycles. The first-order valence-corrected chi connectivity index (χ1v) is 7.27. The van der Waals surface area contributed by atoms with E-state index in [-0.39, 0.29) is 12.2 Å². The standard InChI is InChI=1S/C16H13NO3S/c1-20-16(19)9-13(18)10-6-7-15-12(8-10)17-11-4-2-3-5-14(11)21-15/h2-8,17H,9H2,1H3. The smallest absolute Gasteiger partial charge is 0.313 e. The van der Waals surface area contributed by atoms with Gasteiger partial charge in [-0.25, -0.2) is 0 Å². The number of ketones is 1. The van der Waals surface area contributed by atoms with Crippen LogP contribution in [0.5, 0.6) is 0 Å². The molecule has 0 unspecified atom stereocenters. The van der Waals surface area contributed by atoms with Crippen molar-refractivity contribution in [3.63, 3.8) is 0 Å². The van der Waals surface area contributed by atoms with E-state index in [1.54, 1.807) is 23.9 Å². The number of carbonyl (C=O) groups is 2. The van der Waals surface area contributed by atoms with E-state index in [0.717, 1.165) is 21.2 Å². The highest BCUT2D eigenvalue weighted by Crippen LogP contribution is 2.44. The molecule has 0 aliphatic carbocycles. The number of fused-ring (bicyclic) bond motifs is 2. The van der Waals surface area contributed by atoms with E-state index in [9.17, 15) is 9.59 Å². The molecule has 0 bridgehead atoms. The van der Waals surface area contributed by atoms with Gasteiger partial charge in [0.25, 0.3) is 0 Å². The fourth-order valence-corrected chi connectivity index (χ4v) is 3.09. The SMILES string of the molecule is COC(=O)CC(=O)c1ccc2c(c1)Nc1ccccc1S2. The molecule has 21 heavy (non-hydrogen) atoms. The van der Waals surface area contributed by atoms with E-state index in [0.29, 0.717) is 5.56 Å². The van der Waals surface area contributed by atoms with E-state index >= 15 is 0 Å². The molecule has 0 saturated carbocycles. The fraction of sp³-hybridized carbons (Fsp3) is 0.125. The third kappa shape index (κ3) is 2.78. The minimum absolute atomic E-state index is 0.237. The van der Waals surface area contributed by atoms with Gasteiger partial charge in [-0.2, -0.15) is 0 Å². The Morgan fingerprint density at radius 3 is 2.67 bits per heavy atom. The first kappa shape index (κ1) is 13.7. The molecule has 0 radical (unpaired) electrons. The van der Waals surface area contributed by atoms with E-state index in [2.05, 4.69) is 10.1 Å². The maximum absolute atomic E-state index is 12.0. The lowest BCUT2D eigenvalue weighted by Gasteiger charge is -2.21. The van der Waals surface area contributed by atoms with Crippen molar-refractivity contribution in [2.24, 2.45) is 0 Å². The van der Waals surface area contributed by atoms with Gasteiger partial charge >= 0.3 is 5.97 Å². The Hall–Kier alpha value is -2.27. The number of carbonyl (C=O) groups excluding carboxylic acids is 2. The summed E-state index contributed by atoms with van der Waals surface area (Å²) in [7, 11) is 1.28. The van der Waals surface area contributed by atoms with E-state index in [1.807, 2.05) is 30.3 Å². The van der Waals surface area contributed by atoms with E-state index < -0.39 is 5.97 Å². The first-order valence-electron chi connectivity index (χ1n) is 6.45. The number of Topliss-reactive ketones (excluding diaryl/α,β-unsaturated/α-hetero) is 1. The van der Waals surface area contributed by atoms with Crippen LogP contribution in [0.1, 0.15) is 16.8 Å². The summed E-state index contributed by atoms with van der Waals surface area (Å²) in [5.41, 5.74) is 2.41. The molecule has 1 heterocycles. The molecule has 3 rings (SSSR count). The van der Waals surface area contributed by atoms with Crippen molar-refractivity contribution in [3.8, 4) is 0 Å². The van der Waals surface area contributed by atoms with Crippen LogP contribution in [0.4, 0.5) is 11.4 Å². The highest BCUT2D eigenvalue weighted by molar-refractivity contribution is 7.99. The minimum atomic E-state index is -0.523. The number of anilines is 2. The third-order valence-electron chi connectivity index (χ3n) is 3.21. The first-order chi connectivity index (χ1) is 10.2. The Morgan fingerprint density at radius 2 is 1.86 bits per heavy atom. The zero-order valence-corrected chi connectivity index (χ0v) is 12.2. The highest BCUT2D eigenvalue weighted by Gasteiger charge is 2.18. The van der Waals surface area contributed by atoms with Crippen molar-refractivity contribution >= 4 is 34.9 Å². The monoisotopic (exact) mass is 299 g/mol. The Labute approximate surface area is 126 Å². The quantitative estimate of drug-likeness (QED) is 0.454. The van der Waals surface area contributed by atoms with E-state index in [1.165, 1.54) is 7.11 Å². The molecule has 1 N–H and O–H groups in total. The molecule has 2 aromatic rings. The predicted octanol–water partition coefficient (Wildman–Crippen LogP) is 3.64. The van der Waals surface area contributed by atoms with Crippen LogP contribution in [-0.2, 0) is 9.53 Å². The third-order valence-corrected chi connectivity index (χ3v) is 4.36. The molecule has 0 fully saturated rings. The Kier molecular flexibility index (Phi) is 3.66. The van der Waals surface area contributed by atoms with Crippen molar-refractivity contribution in [1.29, 1.82) is 0 Å². The van der Waals surface area contributed by atoms with Crippen molar-refractivity contribution in [2.75, 3.05) is 12.4 Å². The molecule has 0 atom stereocenters. The molecule has 106 valence electrons. The normalized spacial score (nSPS) is 11.9. The Bertz CT molecular complexity index is 727. The van der Waals surface area contributed by atoms with Crippen LogP contribution in [0, 0.1) is 0 Å². The topological polar surface area (TPSA) is 55.4 Å². The minimum Gasteiger partial charge on any atom is -0.469 e. The summed E-state index contributed by atoms with van der Waals surface area (Å²) < 4.78 is 4.52. The number of esters is 1. The van der Waals surface area contributed by atoms with Crippen LogP contribution in [-0.4, -0.2) is 18.9 Å². The summed E-state index contributed by atoms with van der Waals surface area (Å²) in [6, 6.07) is 13.4. The van der Waals surface area contributed by atoms with Gasteiger partial charge in [0.15, 0.2) is 5.78 Å². The molecule has 0 aromatic heterocycles. The maximum Gasteiger partial charge on any atom is 0.313 e. The Balaban J connectivity index is 1.87. The van der Waals surface area contributed by atoms with Crippen molar-refractivity contribution in [1.82, 2.24) is 0 Å². The van der Waals surface area contributed by atoms with Gasteiger partial charge in [-0.3, -0.25) is 9.59 Å². The number of methoxy groups -OCH3 is 1. The average molecular weight is 299 g/mol. The van der Waals surface area contributed by atoms with Gasteiger partial charge in [0.1, 0.15) is 6.42 Å². The lowest BCUT2D eigenvalue weighted by atomic mass is 10.1. The number of nitrogens with one attached hydrogen (secondary N) is 1. The number of rotatable bonds is 3. The molecule has 1 aliphatic rings. The molecule has 0 saturated heterocycles. The van der Waals surface area contributed by atoms with Gasteiger partial charge < -0.3 is 10.1 Å². The average Bonchev–Trinajstić information content (AvgIpc) is 2.52. The summed E-state index contributed by atoms with van der Waals surface area (Å²) >= 11 is 1.66. The van der Waals surface area contributed by atoms with E-state index in [4.69, 9.17) is 0 Å². The number of benzene rings is 2. The van der Waals surface area contributed by atoms with Gasteiger partial charge in [0.05, 0.1) is 18.5 Å². The fourth-order valence-electron chi connectivity index (χ4n) is 2.12. The summed E-state index contributed by atoms with van der Waals surface area (Å²) in [6.45, 7) is 0. The number of hydrogen-bond acceptors (Lipinski definition) is 5. The Morgan fingerprint density at radius 1 is 1.10 bits per heavy atom. The largest absolute Gasteiger partial charge is 0.469 e. The van der Waals surface area contributed by atoms with Crippen LogP contribution < -0.4 is 5.32 Å². The lowest BCUT2D eigenvalue weighted by Crippen LogP contribution is -2.10. The molecule has 0 spiro atoms. The van der Waals surface area contributed by atoms with Crippen molar-refractivity contribution in [2.45, 2.75) is 16.2 Å². The summed E-state index contributed by atoms with van der Waals surface area (Å²) in [4.78, 5) is 25.4. The van der Waals surface area contributed by atoms with Crippen LogP contribution in [0.3, 0.4) is 0 Å². The number of hydrogen-bond donors (Lipinski definition) is 1. The summed E-state index contributed by atoms with van der Waals surface area (Å²) in [5, 5.41) is 3.31. The van der Waals surface area contributed by atoms with Gasteiger partial charge in [-0.15, -0.1) is 0 Å². The van der Waals surface area contributed by atoms with Crippen LogP contribution >= 0.6 is 11.8 Å². The van der Waals surface area contributed by atoms with Gasteiger partial charge in [0, 0.05) is 15.4 Å². The molecular weight excluding hydrogens is 286 g/mol. The zero-order chi connectivity index (χ0) is 14.8. The maximum atomic E-state index is 12.0. The second-order valence-corrected chi connectivity index (χ2v) is 5.69. The zero-order valence-electron chi connectivity index (χ0n) is 11.4. The molecule has 1 aliphatic heterocycles. The van der Waals surface area contributed by atoms with Crippen LogP contribution in [0.25, 0.3) is 0 Å². The second kappa shape index (κ2) is 5.61. The molecule has 4 nitrogen and oxygen atoms in total. The molecule has 5 heteroatoms. The highest BCUT2D eigenvalue weighted by atomic mass is 32.2. The van der Waals surface area contributed by atoms with Crippen LogP contribution in [0.15, 0.2) is 52.3 Å². The van der Waals surface area contributed by atoms with Gasteiger partial charge in [-0.05, 0) is 24.3 Å². The second-order valence-electron chi connectivity index (χ2n) is 4.61. The molecular formula is C16H13NO3S. The lowest BCUT2D eigenvalue weighted by molar-refractivity contribution is -0.139. The van der Waals surface area contributed by atoms with Gasteiger partial charge in [0.2, 0.25) is 0 Å². The predicted molar refractivity (Wildman–Crippen MR) is 81.3 cm³/mol. The van der Waals surface area contributed by atoms with Crippen molar-refractivity contribution in [3.05, 3.63) is 48.0 Å². The summed E-state index contributed by atoms with van der Waals surface area (Å²) in [5.74, 6) is -0.763. The van der Waals surface area contributed by atoms with Gasteiger partial charge in [-0.1, -0.05) is 30.0 Å². The van der Waals surface area contributed by atoms with Crippen molar-refractivity contribution < 1.29 is 14.3 Å². The number of para-hydroxylation sites is 1. The summed E-state index contributed by atoms with van der Waals surface area (Å²) in [6.07, 6.45) is -0.237.